The normalized spacial score (nSPS) is 41.8. The average Bonchev–Trinajstić information content (AvgIpc) is 2.89. The van der Waals surface area contributed by atoms with Gasteiger partial charge in [0.25, 0.3) is 0 Å². The molecule has 1 saturated heterocycles. The van der Waals surface area contributed by atoms with Crippen LogP contribution in [0.4, 0.5) is 11.5 Å². The molecule has 1 aromatic carbocycles. The highest BCUT2D eigenvalue weighted by Crippen LogP contribution is 3.09. The van der Waals surface area contributed by atoms with Crippen LogP contribution in [0.25, 0.3) is 0 Å². The Hall–Kier alpha value is -1.87. The molecule has 6 aliphatic carbocycles. The van der Waals surface area contributed by atoms with Crippen molar-refractivity contribution in [3.63, 3.8) is 0 Å². The fraction of sp³-hybridized carbons (Fsp3) is 0.556. The molecule has 6 nitrogen and oxygen atoms in total. The number of piperazine rings is 1. The maximum absolute atomic E-state index is 14.1. The number of ether oxygens (including phenoxy) is 1. The molecule has 7 fully saturated rings. The first-order valence-corrected chi connectivity index (χ1v) is 13.7. The Bertz CT molecular complexity index is 1160. The fourth-order valence-electron chi connectivity index (χ4n) is 9.30. The van der Waals surface area contributed by atoms with E-state index in [0.717, 1.165) is 68.6 Å². The highest BCUT2D eigenvalue weighted by Gasteiger charge is 3.11. The van der Waals surface area contributed by atoms with Crippen LogP contribution in [-0.4, -0.2) is 65.6 Å². The molecule has 4 unspecified atom stereocenters. The van der Waals surface area contributed by atoms with E-state index in [4.69, 9.17) is 4.74 Å². The Labute approximate surface area is 213 Å². The van der Waals surface area contributed by atoms with Gasteiger partial charge in [0.15, 0.2) is 0 Å². The number of alkyl halides is 1. The van der Waals surface area contributed by atoms with Crippen molar-refractivity contribution in [3.05, 3.63) is 48.7 Å². The lowest BCUT2D eigenvalue weighted by Gasteiger charge is -3.09. The summed E-state index contributed by atoms with van der Waals surface area (Å²) < 4.78 is 6.05. The zero-order valence-electron chi connectivity index (χ0n) is 19.3. The van der Waals surface area contributed by atoms with E-state index in [0.29, 0.717) is 27.1 Å². The van der Waals surface area contributed by atoms with Gasteiger partial charge in [-0.1, -0.05) is 40.8 Å². The number of amides is 1. The third-order valence-electron chi connectivity index (χ3n) is 10.5. The number of hydrogen-bond donors (Lipinski definition) is 0. The van der Waals surface area contributed by atoms with E-state index in [2.05, 4.69) is 49.5 Å². The van der Waals surface area contributed by atoms with E-state index >= 15 is 0 Å². The van der Waals surface area contributed by atoms with Gasteiger partial charge in [0.1, 0.15) is 11.6 Å². The summed E-state index contributed by atoms with van der Waals surface area (Å²) in [6.07, 6.45) is 1.82. The fourth-order valence-corrected chi connectivity index (χ4v) is 12.0. The van der Waals surface area contributed by atoms with Gasteiger partial charge in [-0.3, -0.25) is 14.6 Å². The molecule has 9 rings (SSSR count). The van der Waals surface area contributed by atoms with E-state index in [-0.39, 0.29) is 5.41 Å². The molecule has 4 atom stereocenters. The Morgan fingerprint density at radius 1 is 1.09 bits per heavy atom. The predicted octanol–water partition coefficient (Wildman–Crippen LogP) is 3.17. The number of para-hydroxylation sites is 2. The monoisotopic (exact) mass is 564 g/mol. The van der Waals surface area contributed by atoms with Gasteiger partial charge < -0.3 is 9.64 Å². The maximum atomic E-state index is 14.1. The number of halogens is 1. The first-order chi connectivity index (χ1) is 16.6. The minimum atomic E-state index is -0.0225. The highest BCUT2D eigenvalue weighted by atomic mass is 123. The predicted molar refractivity (Wildman–Crippen MR) is 138 cm³/mol. The molecule has 34 heavy (non-hydrogen) atoms. The smallest absolute Gasteiger partial charge is 0.235 e. The second-order valence-electron chi connectivity index (χ2n) is 11.1. The third kappa shape index (κ3) is 2.03. The second kappa shape index (κ2) is 6.66. The number of anilines is 2. The number of methoxy groups -OCH3 is 1. The van der Waals surface area contributed by atoms with Crippen molar-refractivity contribution in [1.82, 2.24) is 9.88 Å². The summed E-state index contributed by atoms with van der Waals surface area (Å²) >= 11 is 2.72. The molecule has 0 bridgehead atoms. The number of pyridine rings is 1. The number of aromatic nitrogens is 1. The molecule has 1 aromatic heterocycles. The van der Waals surface area contributed by atoms with Gasteiger partial charge in [-0.15, -0.1) is 0 Å². The number of carbonyl (C=O) groups is 1. The summed E-state index contributed by atoms with van der Waals surface area (Å²) in [5.74, 6) is 6.90. The molecule has 1 aliphatic heterocycles. The summed E-state index contributed by atoms with van der Waals surface area (Å²) in [6.45, 7) is 5.54. The van der Waals surface area contributed by atoms with E-state index in [1.807, 2.05) is 41.4 Å². The first kappa shape index (κ1) is 20.3. The van der Waals surface area contributed by atoms with Crippen LogP contribution in [0, 0.1) is 40.9 Å². The van der Waals surface area contributed by atoms with Crippen molar-refractivity contribution in [2.75, 3.05) is 56.2 Å². The van der Waals surface area contributed by atoms with Crippen molar-refractivity contribution in [1.29, 1.82) is 0 Å². The first-order valence-electron chi connectivity index (χ1n) is 12.7. The summed E-state index contributed by atoms with van der Waals surface area (Å²) in [6, 6.07) is 14.2. The van der Waals surface area contributed by atoms with E-state index in [1.54, 1.807) is 7.11 Å². The molecule has 1 amide bonds. The van der Waals surface area contributed by atoms with Gasteiger partial charge in [0, 0.05) is 48.9 Å². The van der Waals surface area contributed by atoms with Crippen molar-refractivity contribution in [2.45, 2.75) is 3.42 Å². The Morgan fingerprint density at radius 3 is 2.50 bits per heavy atom. The zero-order valence-corrected chi connectivity index (χ0v) is 21.5. The molecule has 6 saturated carbocycles. The molecular weight excluding hydrogens is 535 g/mol. The largest absolute Gasteiger partial charge is 0.495 e. The van der Waals surface area contributed by atoms with Gasteiger partial charge in [0.2, 0.25) is 5.91 Å². The van der Waals surface area contributed by atoms with Crippen molar-refractivity contribution < 1.29 is 9.53 Å². The molecule has 0 spiro atoms. The number of rotatable bonds is 7. The van der Waals surface area contributed by atoms with Crippen LogP contribution in [0.1, 0.15) is 0 Å². The summed E-state index contributed by atoms with van der Waals surface area (Å²) in [5.41, 5.74) is 1.15. The highest BCUT2D eigenvalue weighted by molar-refractivity contribution is 14.1. The SMILES string of the molecule is COc1ccccc1N1CCN(CCN(C(=O)C23C4C5C6C4C2C6([123I])C53)c2ccccn2)CC1. The topological polar surface area (TPSA) is 48.9 Å². The Balaban J connectivity index is 0.966. The van der Waals surface area contributed by atoms with E-state index < -0.39 is 0 Å². The molecule has 2 heterocycles. The van der Waals surface area contributed by atoms with Gasteiger partial charge in [-0.05, 0) is 59.8 Å². The lowest BCUT2D eigenvalue weighted by atomic mass is 8.96. The zero-order chi connectivity index (χ0) is 22.8. The number of benzene rings is 1. The van der Waals surface area contributed by atoms with E-state index in [9.17, 15) is 4.79 Å². The lowest BCUT2D eigenvalue weighted by molar-refractivity contribution is -0.570. The van der Waals surface area contributed by atoms with Crippen LogP contribution in [-0.2, 0) is 4.79 Å². The quantitative estimate of drug-likeness (QED) is 0.382. The number of nitrogens with zero attached hydrogens (tertiary/aromatic N) is 4. The summed E-state index contributed by atoms with van der Waals surface area (Å²) in [5, 5.41) is 0. The van der Waals surface area contributed by atoms with E-state index in [1.165, 1.54) is 5.69 Å². The molecule has 176 valence electrons. The molecule has 0 N–H and O–H groups in total. The van der Waals surface area contributed by atoms with Gasteiger partial charge in [-0.25, -0.2) is 4.98 Å². The molecule has 7 aliphatic rings. The summed E-state index contributed by atoms with van der Waals surface area (Å²) in [4.78, 5) is 25.7. The Kier molecular flexibility index (Phi) is 3.98. The number of carbonyl (C=O) groups excluding carboxylic acids is 1. The van der Waals surface area contributed by atoms with Crippen LogP contribution in [0.3, 0.4) is 0 Å². The summed E-state index contributed by atoms with van der Waals surface area (Å²) in [7, 11) is 1.74. The maximum Gasteiger partial charge on any atom is 0.235 e. The molecular formula is C27H29IN4O2. The third-order valence-corrected chi connectivity index (χ3v) is 12.5. The molecule has 7 heteroatoms. The van der Waals surface area contributed by atoms with Crippen molar-refractivity contribution in [3.8, 4) is 5.75 Å². The second-order valence-corrected chi connectivity index (χ2v) is 12.9. The Morgan fingerprint density at radius 2 is 1.82 bits per heavy atom. The number of hydrogen-bond acceptors (Lipinski definition) is 5. The molecule has 2 aromatic rings. The minimum absolute atomic E-state index is 0.0225. The minimum Gasteiger partial charge on any atom is -0.495 e. The van der Waals surface area contributed by atoms with Crippen molar-refractivity contribution >= 4 is 40.0 Å². The van der Waals surface area contributed by atoms with Crippen LogP contribution >= 0.6 is 22.6 Å². The van der Waals surface area contributed by atoms with Crippen LogP contribution in [0.2, 0.25) is 0 Å². The molecule has 0 radical (unpaired) electrons. The van der Waals surface area contributed by atoms with Gasteiger partial charge in [0.05, 0.1) is 18.2 Å². The van der Waals surface area contributed by atoms with Crippen LogP contribution in [0.5, 0.6) is 5.75 Å². The standard InChI is InChI=1S/C27H29IN4O2/c1-34-17-7-3-2-6-16(17)31-13-10-30(11-14-31)12-15-32(18-8-4-5-9-29-18)25(33)26-21-19-22-20(21)24(26)27(22,28)23(19)26/h2-9,19-24H,10-15H2,1H3/i28-4. The van der Waals surface area contributed by atoms with Gasteiger partial charge >= 0.3 is 0 Å². The van der Waals surface area contributed by atoms with Crippen LogP contribution < -0.4 is 14.5 Å². The van der Waals surface area contributed by atoms with Crippen molar-refractivity contribution in [2.24, 2.45) is 40.9 Å². The van der Waals surface area contributed by atoms with Crippen LogP contribution in [0.15, 0.2) is 48.7 Å². The lowest BCUT2D eigenvalue weighted by Crippen LogP contribution is -3.12. The average molecular weight is 564 g/mol. The van der Waals surface area contributed by atoms with Gasteiger partial charge in [-0.2, -0.15) is 0 Å².